The number of carbonyl (C=O) groups is 1. The van der Waals surface area contributed by atoms with Crippen molar-refractivity contribution >= 4 is 15.9 Å². The number of aromatic nitrogens is 2. The van der Waals surface area contributed by atoms with E-state index in [1.165, 1.54) is 28.3 Å². The first-order valence-corrected chi connectivity index (χ1v) is 11.3. The molecule has 0 fully saturated rings. The van der Waals surface area contributed by atoms with Crippen molar-refractivity contribution < 1.29 is 22.7 Å². The number of nitrogens with one attached hydrogen (secondary N) is 1. The maximum Gasteiger partial charge on any atom is 0.262 e. The van der Waals surface area contributed by atoms with Crippen molar-refractivity contribution in [1.82, 2.24) is 19.4 Å². The second-order valence-electron chi connectivity index (χ2n) is 6.99. The fourth-order valence-electron chi connectivity index (χ4n) is 3.02. The molecule has 0 aliphatic carbocycles. The van der Waals surface area contributed by atoms with Crippen LogP contribution in [0.2, 0.25) is 0 Å². The summed E-state index contributed by atoms with van der Waals surface area (Å²) in [6.07, 6.45) is 1.47. The van der Waals surface area contributed by atoms with E-state index in [1.54, 1.807) is 38.5 Å². The molecule has 0 saturated carbocycles. The minimum absolute atomic E-state index is 0.0665. The zero-order valence-corrected chi connectivity index (χ0v) is 19.0. The third kappa shape index (κ3) is 5.65. The second kappa shape index (κ2) is 10.3. The van der Waals surface area contributed by atoms with Crippen LogP contribution in [-0.4, -0.2) is 49.7 Å². The summed E-state index contributed by atoms with van der Waals surface area (Å²) in [7, 11) is 0.713. The first-order valence-electron chi connectivity index (χ1n) is 9.85. The van der Waals surface area contributed by atoms with Crippen LogP contribution in [0, 0.1) is 0 Å². The van der Waals surface area contributed by atoms with Crippen molar-refractivity contribution in [2.75, 3.05) is 21.3 Å². The zero-order chi connectivity index (χ0) is 23.1. The summed E-state index contributed by atoms with van der Waals surface area (Å²) in [5.74, 6) is 1.10. The van der Waals surface area contributed by atoms with Gasteiger partial charge in [0.1, 0.15) is 18.0 Å². The number of amides is 1. The monoisotopic (exact) mass is 458 g/mol. The van der Waals surface area contributed by atoms with E-state index in [4.69, 9.17) is 9.47 Å². The number of benzene rings is 2. The van der Waals surface area contributed by atoms with E-state index < -0.39 is 10.0 Å². The zero-order valence-electron chi connectivity index (χ0n) is 18.2. The number of likely N-dealkylation sites (N-methyl/N-ethyl adjacent to an activating group) is 1. The molecule has 170 valence electrons. The molecule has 0 unspecified atom stereocenters. The molecule has 9 nitrogen and oxygen atoms in total. The Kier molecular flexibility index (Phi) is 7.49. The normalized spacial score (nSPS) is 11.4. The topological polar surface area (TPSA) is 103 Å². The molecule has 0 radical (unpaired) electrons. The van der Waals surface area contributed by atoms with Crippen LogP contribution in [0.4, 0.5) is 0 Å². The lowest BCUT2D eigenvalue weighted by Gasteiger charge is -2.21. The van der Waals surface area contributed by atoms with E-state index in [1.807, 2.05) is 24.3 Å². The van der Waals surface area contributed by atoms with Gasteiger partial charge in [-0.3, -0.25) is 9.48 Å². The Morgan fingerprint density at radius 2 is 1.44 bits per heavy atom. The summed E-state index contributed by atoms with van der Waals surface area (Å²) >= 11 is 0. The Bertz CT molecular complexity index is 1090. The minimum atomic E-state index is -3.94. The lowest BCUT2D eigenvalue weighted by atomic mass is 10.2. The standard InChI is InChI=1S/C22H26N4O5S/c1-23-21(27)16-25-13-12-22(24-25)32(28,29)26(14-17-4-8-19(30-2)9-5-17)15-18-6-10-20(31-3)11-7-18/h4-13H,14-16H2,1-3H3,(H,23,27). The van der Waals surface area contributed by atoms with Gasteiger partial charge in [-0.15, -0.1) is 0 Å². The Labute approximate surface area is 187 Å². The van der Waals surface area contributed by atoms with Crippen molar-refractivity contribution in [1.29, 1.82) is 0 Å². The van der Waals surface area contributed by atoms with E-state index in [0.717, 1.165) is 11.1 Å². The molecule has 32 heavy (non-hydrogen) atoms. The van der Waals surface area contributed by atoms with Gasteiger partial charge in [-0.25, -0.2) is 8.42 Å². The molecule has 0 atom stereocenters. The summed E-state index contributed by atoms with van der Waals surface area (Å²) in [4.78, 5) is 11.6. The third-order valence-corrected chi connectivity index (χ3v) is 6.53. The number of methoxy groups -OCH3 is 2. The maximum absolute atomic E-state index is 13.5. The molecule has 2 aromatic carbocycles. The van der Waals surface area contributed by atoms with Crippen molar-refractivity contribution in [3.8, 4) is 11.5 Å². The fourth-order valence-corrected chi connectivity index (χ4v) is 4.37. The summed E-state index contributed by atoms with van der Waals surface area (Å²) in [5.41, 5.74) is 1.60. The molecule has 0 saturated heterocycles. The molecule has 1 N–H and O–H groups in total. The molecule has 1 heterocycles. The predicted octanol–water partition coefficient (Wildman–Crippen LogP) is 2.04. The summed E-state index contributed by atoms with van der Waals surface area (Å²) in [6, 6.07) is 15.8. The van der Waals surface area contributed by atoms with Gasteiger partial charge in [-0.05, 0) is 41.5 Å². The lowest BCUT2D eigenvalue weighted by Crippen LogP contribution is -2.31. The Hall–Kier alpha value is -3.37. The Morgan fingerprint density at radius 3 is 1.88 bits per heavy atom. The average Bonchev–Trinajstić information content (AvgIpc) is 3.28. The van der Waals surface area contributed by atoms with Crippen LogP contribution in [0.1, 0.15) is 11.1 Å². The van der Waals surface area contributed by atoms with Gasteiger partial charge in [-0.2, -0.15) is 9.40 Å². The molecule has 0 spiro atoms. The number of hydrogen-bond donors (Lipinski definition) is 1. The molecule has 10 heteroatoms. The SMILES string of the molecule is CNC(=O)Cn1ccc(S(=O)(=O)N(Cc2ccc(OC)cc2)Cc2ccc(OC)cc2)n1. The van der Waals surface area contributed by atoms with Crippen LogP contribution >= 0.6 is 0 Å². The minimum Gasteiger partial charge on any atom is -0.497 e. The summed E-state index contributed by atoms with van der Waals surface area (Å²) < 4.78 is 39.9. The smallest absolute Gasteiger partial charge is 0.262 e. The van der Waals surface area contributed by atoms with Crippen LogP contribution in [0.3, 0.4) is 0 Å². The molecule has 1 aromatic heterocycles. The molecule has 3 aromatic rings. The first-order chi connectivity index (χ1) is 15.3. The molecular weight excluding hydrogens is 432 g/mol. The van der Waals surface area contributed by atoms with Gasteiger partial charge >= 0.3 is 0 Å². The predicted molar refractivity (Wildman–Crippen MR) is 119 cm³/mol. The summed E-state index contributed by atoms with van der Waals surface area (Å²) in [6.45, 7) is 0.213. The van der Waals surface area contributed by atoms with Crippen LogP contribution in [0.25, 0.3) is 0 Å². The number of nitrogens with zero attached hydrogens (tertiary/aromatic N) is 3. The number of carbonyl (C=O) groups excluding carboxylic acids is 1. The van der Waals surface area contributed by atoms with E-state index >= 15 is 0 Å². The molecule has 0 aliphatic rings. The van der Waals surface area contributed by atoms with Crippen LogP contribution < -0.4 is 14.8 Å². The highest BCUT2D eigenvalue weighted by Gasteiger charge is 2.27. The molecule has 3 rings (SSSR count). The van der Waals surface area contributed by atoms with E-state index in [-0.39, 0.29) is 30.6 Å². The van der Waals surface area contributed by atoms with Crippen LogP contribution in [0.15, 0.2) is 65.8 Å². The molecular formula is C22H26N4O5S. The van der Waals surface area contributed by atoms with Crippen molar-refractivity contribution in [2.24, 2.45) is 0 Å². The summed E-state index contributed by atoms with van der Waals surface area (Å²) in [5, 5.41) is 6.48. The lowest BCUT2D eigenvalue weighted by molar-refractivity contribution is -0.121. The number of sulfonamides is 1. The van der Waals surface area contributed by atoms with Gasteiger partial charge < -0.3 is 14.8 Å². The van der Waals surface area contributed by atoms with Gasteiger partial charge in [0.05, 0.1) is 14.2 Å². The number of ether oxygens (including phenoxy) is 2. The molecule has 0 aliphatic heterocycles. The Morgan fingerprint density at radius 1 is 0.938 bits per heavy atom. The molecule has 0 bridgehead atoms. The van der Waals surface area contributed by atoms with Crippen molar-refractivity contribution in [3.05, 3.63) is 71.9 Å². The van der Waals surface area contributed by atoms with Gasteiger partial charge in [-0.1, -0.05) is 24.3 Å². The van der Waals surface area contributed by atoms with E-state index in [2.05, 4.69) is 10.4 Å². The van der Waals surface area contributed by atoms with Crippen molar-refractivity contribution in [2.45, 2.75) is 24.7 Å². The van der Waals surface area contributed by atoms with E-state index in [9.17, 15) is 13.2 Å². The first kappa shape index (κ1) is 23.3. The highest BCUT2D eigenvalue weighted by Crippen LogP contribution is 2.22. The maximum atomic E-state index is 13.5. The van der Waals surface area contributed by atoms with Crippen molar-refractivity contribution in [3.63, 3.8) is 0 Å². The van der Waals surface area contributed by atoms with E-state index in [0.29, 0.717) is 11.5 Å². The largest absolute Gasteiger partial charge is 0.497 e. The van der Waals surface area contributed by atoms with Gasteiger partial charge in [0.2, 0.25) is 5.91 Å². The highest BCUT2D eigenvalue weighted by molar-refractivity contribution is 7.89. The third-order valence-electron chi connectivity index (χ3n) is 4.84. The Balaban J connectivity index is 1.90. The van der Waals surface area contributed by atoms with Gasteiger partial charge in [0.15, 0.2) is 5.03 Å². The highest BCUT2D eigenvalue weighted by atomic mass is 32.2. The average molecular weight is 459 g/mol. The fraction of sp³-hybridized carbons (Fsp3) is 0.273. The number of rotatable bonds is 10. The number of hydrogen-bond acceptors (Lipinski definition) is 6. The van der Waals surface area contributed by atoms with Crippen LogP contribution in [0.5, 0.6) is 11.5 Å². The second-order valence-corrected chi connectivity index (χ2v) is 8.88. The van der Waals surface area contributed by atoms with Gasteiger partial charge in [0, 0.05) is 26.3 Å². The molecule has 1 amide bonds. The quantitative estimate of drug-likeness (QED) is 0.499. The van der Waals surface area contributed by atoms with Crippen LogP contribution in [-0.2, 0) is 34.5 Å². The van der Waals surface area contributed by atoms with Gasteiger partial charge in [0.25, 0.3) is 10.0 Å².